The maximum atomic E-state index is 13.3. The van der Waals surface area contributed by atoms with Gasteiger partial charge in [0.1, 0.15) is 36.6 Å². The molecule has 0 saturated carbocycles. The predicted octanol–water partition coefficient (Wildman–Crippen LogP) is -2.64. The molecule has 1 aromatic heterocycles. The van der Waals surface area contributed by atoms with Gasteiger partial charge < -0.3 is 73.2 Å². The van der Waals surface area contributed by atoms with E-state index in [2.05, 4.69) is 20.3 Å². The number of aliphatic imine (C=N–C) groups is 1. The van der Waals surface area contributed by atoms with Crippen molar-refractivity contribution < 1.29 is 60.7 Å². The van der Waals surface area contributed by atoms with Gasteiger partial charge in [-0.1, -0.05) is 82.7 Å². The molecule has 0 saturated heterocycles. The van der Waals surface area contributed by atoms with Gasteiger partial charge in [0, 0.05) is 39.1 Å². The number of guanidine groups is 1. The summed E-state index contributed by atoms with van der Waals surface area (Å²) in [5, 5.41) is 102. The second kappa shape index (κ2) is 26.8. The third-order valence-corrected chi connectivity index (χ3v) is 11.2. The molecule has 63 heavy (non-hydrogen) atoms. The lowest BCUT2D eigenvalue weighted by molar-refractivity contribution is -0.133. The number of hydrogen-bond donors (Lipinski definition) is 14. The number of aryl methyl sites for hydroxylation is 2. The van der Waals surface area contributed by atoms with E-state index in [-0.39, 0.29) is 58.4 Å². The molecule has 3 aromatic rings. The fraction of sp³-hybridized carbons (Fsp3) is 0.525. The van der Waals surface area contributed by atoms with Gasteiger partial charge in [-0.05, 0) is 47.9 Å². The van der Waals surface area contributed by atoms with Crippen molar-refractivity contribution in [3.8, 4) is 11.1 Å². The molecule has 1 heterocycles. The van der Waals surface area contributed by atoms with Crippen molar-refractivity contribution in [1.82, 2.24) is 25.1 Å². The van der Waals surface area contributed by atoms with E-state index in [9.17, 15) is 50.4 Å². The topological polar surface area (TPSA) is 371 Å². The molecule has 0 aliphatic carbocycles. The van der Waals surface area contributed by atoms with Crippen LogP contribution in [0.2, 0.25) is 5.15 Å². The molecule has 21 nitrogen and oxygen atoms in total. The number of nitrogen functional groups attached to an aromatic ring is 2. The molecule has 0 fully saturated rings. The van der Waals surface area contributed by atoms with E-state index < -0.39 is 81.0 Å². The van der Waals surface area contributed by atoms with Crippen LogP contribution in [-0.2, 0) is 17.6 Å². The van der Waals surface area contributed by atoms with Crippen LogP contribution in [0.15, 0.2) is 53.5 Å². The Hall–Kier alpha value is -3.89. The van der Waals surface area contributed by atoms with Crippen molar-refractivity contribution in [1.29, 1.82) is 0 Å². The molecule has 17 N–H and O–H groups in total. The minimum Gasteiger partial charge on any atom is -0.394 e. The summed E-state index contributed by atoms with van der Waals surface area (Å²) in [6, 6.07) is 16.0. The molecule has 0 radical (unpaired) electrons. The summed E-state index contributed by atoms with van der Waals surface area (Å²) in [5.74, 6) is -1.29. The first kappa shape index (κ1) is 53.4. The van der Waals surface area contributed by atoms with E-state index >= 15 is 0 Å². The number of aliphatic hydroxyl groups is 10. The van der Waals surface area contributed by atoms with Gasteiger partial charge >= 0.3 is 0 Å². The van der Waals surface area contributed by atoms with Crippen LogP contribution in [0.5, 0.6) is 0 Å². The van der Waals surface area contributed by atoms with Crippen molar-refractivity contribution in [2.45, 2.75) is 80.9 Å². The lowest BCUT2D eigenvalue weighted by atomic mass is 9.99. The number of rotatable bonds is 26. The number of aromatic nitrogens is 2. The molecule has 0 aliphatic rings. The quantitative estimate of drug-likeness (QED) is 0.00976. The van der Waals surface area contributed by atoms with E-state index in [0.717, 1.165) is 35.1 Å². The number of benzene rings is 2. The molecule has 0 bridgehead atoms. The summed E-state index contributed by atoms with van der Waals surface area (Å²) in [4.78, 5) is 40.4. The number of nitrogens with zero attached hydrogens (tertiary/aromatic N) is 5. The Bertz CT molecular complexity index is 1880. The largest absolute Gasteiger partial charge is 0.394 e. The average molecular weight is 1020 g/mol. The Morgan fingerprint density at radius 1 is 0.714 bits per heavy atom. The zero-order chi connectivity index (χ0) is 46.8. The first-order chi connectivity index (χ1) is 29.9. The van der Waals surface area contributed by atoms with Crippen LogP contribution in [0.1, 0.15) is 40.9 Å². The van der Waals surface area contributed by atoms with Crippen LogP contribution < -0.4 is 22.5 Å². The summed E-state index contributed by atoms with van der Waals surface area (Å²) in [6.45, 7) is -2.22. The van der Waals surface area contributed by atoms with Gasteiger partial charge in [0.15, 0.2) is 28.4 Å². The van der Waals surface area contributed by atoms with Crippen LogP contribution in [0.25, 0.3) is 11.1 Å². The molecule has 2 aromatic carbocycles. The standard InChI is InChI=1S/C40H59ClIN9O12/c41-36-38(44)48-37(43)31(47-36)39(63)49-40(45)46-14-2-1-3-22-4-9-24(10-5-22)25-11-6-23(7-12-25)8-13-30(58)51(21-42)16-15-50(17-26(54)32(59)34(61)28(56)19-52)18-27(55)33(60)35(62)29(57)20-53/h4-7,9-12,26-29,32-35,52-57,59-62H,1-3,8,13-21H2,(H4,43,44,48)(H3,45,46,49,63)/t26-,27-,28+,29+,32+,33+,34+,35+/m0/s1. The Balaban J connectivity index is 1.50. The number of aliphatic hydroxyl groups excluding tert-OH is 10. The number of halogens is 2. The number of anilines is 2. The third kappa shape index (κ3) is 16.9. The maximum Gasteiger partial charge on any atom is 0.280 e. The van der Waals surface area contributed by atoms with Crippen LogP contribution in [0.3, 0.4) is 0 Å². The summed E-state index contributed by atoms with van der Waals surface area (Å²) in [6.07, 6.45) is -11.7. The Labute approximate surface area is 383 Å². The normalized spacial score (nSPS) is 15.9. The minimum absolute atomic E-state index is 0.0197. The summed E-state index contributed by atoms with van der Waals surface area (Å²) < 4.78 is 0.274. The average Bonchev–Trinajstić information content (AvgIpc) is 3.27. The molecule has 2 amide bonds. The fourth-order valence-corrected chi connectivity index (χ4v) is 7.09. The molecular formula is C40H59ClIN9O12. The molecule has 0 aliphatic heterocycles. The number of alkyl halides is 1. The van der Waals surface area contributed by atoms with E-state index in [4.69, 9.17) is 39.0 Å². The molecule has 0 spiro atoms. The van der Waals surface area contributed by atoms with E-state index in [1.807, 2.05) is 71.1 Å². The molecule has 350 valence electrons. The number of unbranched alkanes of at least 4 members (excludes halogenated alkanes) is 1. The smallest absolute Gasteiger partial charge is 0.280 e. The van der Waals surface area contributed by atoms with Crippen LogP contribution in [-0.4, -0.2) is 188 Å². The van der Waals surface area contributed by atoms with Crippen molar-refractivity contribution in [2.75, 3.05) is 62.0 Å². The maximum absolute atomic E-state index is 13.3. The molecule has 8 atom stereocenters. The van der Waals surface area contributed by atoms with Gasteiger partial charge in [-0.15, -0.1) is 0 Å². The predicted molar refractivity (Wildman–Crippen MR) is 242 cm³/mol. The highest BCUT2D eigenvalue weighted by molar-refractivity contribution is 14.1. The van der Waals surface area contributed by atoms with E-state index in [1.54, 1.807) is 0 Å². The highest BCUT2D eigenvalue weighted by atomic mass is 127. The number of carbonyl (C=O) groups is 2. The highest BCUT2D eigenvalue weighted by Crippen LogP contribution is 2.22. The number of carbonyl (C=O) groups excluding carboxylic acids is 2. The van der Waals surface area contributed by atoms with Crippen LogP contribution >= 0.6 is 34.2 Å². The zero-order valence-electron chi connectivity index (χ0n) is 34.4. The van der Waals surface area contributed by atoms with Crippen molar-refractivity contribution in [2.24, 2.45) is 10.7 Å². The second-order valence-electron chi connectivity index (χ2n) is 14.8. The van der Waals surface area contributed by atoms with Gasteiger partial charge in [0.05, 0.1) is 30.0 Å². The first-order valence-electron chi connectivity index (χ1n) is 20.0. The van der Waals surface area contributed by atoms with Crippen molar-refractivity contribution >= 4 is 63.6 Å². The minimum atomic E-state index is -1.92. The Morgan fingerprint density at radius 3 is 1.70 bits per heavy atom. The van der Waals surface area contributed by atoms with Gasteiger partial charge in [-0.3, -0.25) is 24.8 Å². The number of hydrogen-bond acceptors (Lipinski definition) is 18. The van der Waals surface area contributed by atoms with Crippen LogP contribution in [0, 0.1) is 0 Å². The lowest BCUT2D eigenvalue weighted by Gasteiger charge is -2.34. The number of amides is 2. The molecule has 3 rings (SSSR count). The SMILES string of the molecule is NC(=NCCCCc1ccc(-c2ccc(CCC(=O)N(CI)CCN(C[C@H](O)[C@@H](O)[C@H](O)[C@H](O)CO)C[C@H](O)[C@@H](O)[C@H](O)[C@H](O)CO)cc2)cc1)NC(=O)c1nc(Cl)c(N)nc1N. The van der Waals surface area contributed by atoms with Gasteiger partial charge in [0.2, 0.25) is 5.91 Å². The third-order valence-electron chi connectivity index (χ3n) is 10.1. The van der Waals surface area contributed by atoms with Gasteiger partial charge in [-0.2, -0.15) is 0 Å². The Kier molecular flexibility index (Phi) is 22.7. The van der Waals surface area contributed by atoms with E-state index in [0.29, 0.717) is 19.4 Å². The summed E-state index contributed by atoms with van der Waals surface area (Å²) in [5.41, 5.74) is 20.9. The fourth-order valence-electron chi connectivity index (χ4n) is 6.24. The van der Waals surface area contributed by atoms with Gasteiger partial charge in [-0.25, -0.2) is 9.97 Å². The molecule has 0 unspecified atom stereocenters. The molecular weight excluding hydrogens is 961 g/mol. The van der Waals surface area contributed by atoms with Crippen molar-refractivity contribution in [3.63, 3.8) is 0 Å². The lowest BCUT2D eigenvalue weighted by Crippen LogP contribution is -2.54. The highest BCUT2D eigenvalue weighted by Gasteiger charge is 2.34. The number of nitrogens with one attached hydrogen (secondary N) is 1. The molecule has 23 heteroatoms. The van der Waals surface area contributed by atoms with Gasteiger partial charge in [0.25, 0.3) is 5.91 Å². The number of nitrogens with two attached hydrogens (primary N) is 3. The first-order valence-corrected chi connectivity index (χ1v) is 21.9. The second-order valence-corrected chi connectivity index (χ2v) is 15.9. The monoisotopic (exact) mass is 1020 g/mol. The Morgan fingerprint density at radius 2 is 1.21 bits per heavy atom. The van der Waals surface area contributed by atoms with Crippen molar-refractivity contribution in [3.05, 3.63) is 70.5 Å². The zero-order valence-corrected chi connectivity index (χ0v) is 37.4. The van der Waals surface area contributed by atoms with E-state index in [1.165, 1.54) is 9.80 Å². The summed E-state index contributed by atoms with van der Waals surface area (Å²) >= 11 is 7.85. The van der Waals surface area contributed by atoms with Crippen LogP contribution in [0.4, 0.5) is 11.6 Å². The summed E-state index contributed by atoms with van der Waals surface area (Å²) in [7, 11) is 0.